The summed E-state index contributed by atoms with van der Waals surface area (Å²) in [5, 5.41) is 8.92. The number of methoxy groups -OCH3 is 1. The fraction of sp³-hybridized carbons (Fsp3) is 0.192. The van der Waals surface area contributed by atoms with Crippen LogP contribution in [0.5, 0.6) is 5.75 Å². The van der Waals surface area contributed by atoms with E-state index in [1.54, 1.807) is 20.2 Å². The molecule has 0 unspecified atom stereocenters. The lowest BCUT2D eigenvalue weighted by atomic mass is 9.98. The predicted molar refractivity (Wildman–Crippen MR) is 133 cm³/mol. The van der Waals surface area contributed by atoms with Crippen molar-refractivity contribution in [3.05, 3.63) is 86.9 Å². The van der Waals surface area contributed by atoms with Crippen molar-refractivity contribution in [2.24, 2.45) is 10.1 Å². The standard InChI is InChI=1S/C26H25N3O3S/c1-4-27-26(22-14-15-33-18(22)2)32-17-25(30)29-24(20-10-12-21(31-3)13-11-20)16-23(28-29)19-8-6-5-7-9-19/h4-15,24H,2,16-17H2,1,3H3/b26-22+,27-4-/t24-/m0/s1. The van der Waals surface area contributed by atoms with Crippen molar-refractivity contribution in [3.63, 3.8) is 0 Å². The average molecular weight is 460 g/mol. The second-order valence-corrected chi connectivity index (χ2v) is 8.38. The van der Waals surface area contributed by atoms with Crippen molar-refractivity contribution in [2.75, 3.05) is 13.7 Å². The van der Waals surface area contributed by atoms with Gasteiger partial charge in [-0.05, 0) is 41.6 Å². The molecule has 1 atom stereocenters. The Balaban J connectivity index is 1.62. The highest BCUT2D eigenvalue weighted by Crippen LogP contribution is 2.33. The Labute approximate surface area is 196 Å². The van der Waals surface area contributed by atoms with Crippen LogP contribution in [0.15, 0.2) is 76.1 Å². The molecule has 3 aromatic rings. The molecule has 6 nitrogen and oxygen atoms in total. The Hall–Kier alpha value is -3.71. The molecule has 2 aromatic carbocycles. The molecule has 168 valence electrons. The molecule has 7 heteroatoms. The number of aliphatic imine (C=N–C) groups is 1. The van der Waals surface area contributed by atoms with Gasteiger partial charge in [0.25, 0.3) is 5.91 Å². The van der Waals surface area contributed by atoms with E-state index in [2.05, 4.69) is 11.6 Å². The molecule has 2 heterocycles. The highest BCUT2D eigenvalue weighted by molar-refractivity contribution is 7.07. The maximum Gasteiger partial charge on any atom is 0.281 e. The number of thiophene rings is 1. The molecule has 0 saturated heterocycles. The first kappa shape index (κ1) is 22.5. The van der Waals surface area contributed by atoms with Crippen LogP contribution in [0, 0.1) is 0 Å². The lowest BCUT2D eigenvalue weighted by Gasteiger charge is -2.22. The summed E-state index contributed by atoms with van der Waals surface area (Å²) in [5.74, 6) is 0.898. The number of nitrogens with zero attached hydrogens (tertiary/aromatic N) is 3. The molecular weight excluding hydrogens is 434 g/mol. The third-order valence-electron chi connectivity index (χ3n) is 5.33. The maximum absolute atomic E-state index is 13.3. The second-order valence-electron chi connectivity index (χ2n) is 7.38. The molecule has 0 fully saturated rings. The third kappa shape index (κ3) is 5.04. The number of carbonyl (C=O) groups is 1. The molecule has 1 amide bonds. The van der Waals surface area contributed by atoms with E-state index < -0.39 is 0 Å². The molecular formula is C26H25N3O3S. The molecule has 0 aliphatic carbocycles. The Morgan fingerprint density at radius 2 is 1.97 bits per heavy atom. The van der Waals surface area contributed by atoms with Gasteiger partial charge in [0.05, 0.1) is 24.1 Å². The number of benzene rings is 2. The summed E-state index contributed by atoms with van der Waals surface area (Å²) < 4.78 is 12.0. The van der Waals surface area contributed by atoms with Crippen LogP contribution in [0.3, 0.4) is 0 Å². The zero-order valence-electron chi connectivity index (χ0n) is 18.6. The van der Waals surface area contributed by atoms with Crippen molar-refractivity contribution < 1.29 is 14.3 Å². The van der Waals surface area contributed by atoms with E-state index in [0.29, 0.717) is 12.3 Å². The topological polar surface area (TPSA) is 63.5 Å². The number of hydrogen-bond donors (Lipinski definition) is 0. The molecule has 4 rings (SSSR count). The summed E-state index contributed by atoms with van der Waals surface area (Å²) >= 11 is 1.50. The van der Waals surface area contributed by atoms with Crippen molar-refractivity contribution in [1.29, 1.82) is 0 Å². The Kier molecular flexibility index (Phi) is 7.00. The van der Waals surface area contributed by atoms with Gasteiger partial charge in [-0.2, -0.15) is 5.10 Å². The van der Waals surface area contributed by atoms with Gasteiger partial charge in [-0.25, -0.2) is 10.0 Å². The average Bonchev–Trinajstić information content (AvgIpc) is 3.49. The highest BCUT2D eigenvalue weighted by atomic mass is 32.1. The fourth-order valence-corrected chi connectivity index (χ4v) is 4.31. The van der Waals surface area contributed by atoms with Crippen LogP contribution in [0.4, 0.5) is 0 Å². The number of rotatable bonds is 7. The van der Waals surface area contributed by atoms with Crippen molar-refractivity contribution in [3.8, 4) is 5.75 Å². The number of hydrogen-bond acceptors (Lipinski definition) is 6. The summed E-state index contributed by atoms with van der Waals surface area (Å²) in [7, 11) is 1.63. The monoisotopic (exact) mass is 459 g/mol. The van der Waals surface area contributed by atoms with Crippen LogP contribution in [0.1, 0.15) is 30.5 Å². The molecule has 0 radical (unpaired) electrons. The SMILES string of the molecule is C=c1scc/c1=C(/N=C\C)OCC(=O)N1N=C(c2ccccc2)C[C@H]1c1ccc(OC)cc1. The van der Waals surface area contributed by atoms with Gasteiger partial charge < -0.3 is 9.47 Å². The van der Waals surface area contributed by atoms with E-state index in [1.165, 1.54) is 16.3 Å². The van der Waals surface area contributed by atoms with Gasteiger partial charge in [-0.3, -0.25) is 4.79 Å². The van der Waals surface area contributed by atoms with Crippen LogP contribution >= 0.6 is 11.3 Å². The lowest BCUT2D eigenvalue weighted by molar-refractivity contribution is -0.135. The van der Waals surface area contributed by atoms with Crippen LogP contribution < -0.4 is 14.5 Å². The minimum atomic E-state index is -0.244. The first-order valence-electron chi connectivity index (χ1n) is 10.6. The van der Waals surface area contributed by atoms with Gasteiger partial charge in [0.1, 0.15) is 5.75 Å². The Morgan fingerprint density at radius 3 is 2.61 bits per heavy atom. The van der Waals surface area contributed by atoms with E-state index in [0.717, 1.165) is 32.3 Å². The van der Waals surface area contributed by atoms with Gasteiger partial charge in [-0.1, -0.05) is 49.0 Å². The number of ether oxygens (including phenoxy) is 2. The largest absolute Gasteiger partial charge is 0.497 e. The van der Waals surface area contributed by atoms with Crippen molar-refractivity contribution >= 4 is 41.6 Å². The first-order valence-corrected chi connectivity index (χ1v) is 11.5. The number of carbonyl (C=O) groups excluding carboxylic acids is 1. The van der Waals surface area contributed by atoms with Gasteiger partial charge in [0.15, 0.2) is 6.61 Å². The quantitative estimate of drug-likeness (QED) is 0.506. The number of hydrazone groups is 1. The molecule has 0 saturated carbocycles. The molecule has 1 aliphatic rings. The maximum atomic E-state index is 13.3. The van der Waals surface area contributed by atoms with Gasteiger partial charge in [0, 0.05) is 17.2 Å². The smallest absolute Gasteiger partial charge is 0.281 e. The minimum Gasteiger partial charge on any atom is -0.497 e. The van der Waals surface area contributed by atoms with Crippen LogP contribution in [0.25, 0.3) is 12.5 Å². The summed E-state index contributed by atoms with van der Waals surface area (Å²) in [6.07, 6.45) is 2.25. The second kappa shape index (κ2) is 10.3. The zero-order chi connectivity index (χ0) is 23.2. The van der Waals surface area contributed by atoms with Crippen molar-refractivity contribution in [2.45, 2.75) is 19.4 Å². The summed E-state index contributed by atoms with van der Waals surface area (Å²) in [5.41, 5.74) is 2.83. The van der Waals surface area contributed by atoms with Crippen LogP contribution in [-0.2, 0) is 9.53 Å². The van der Waals surface area contributed by atoms with Gasteiger partial charge in [0.2, 0.25) is 5.88 Å². The minimum absolute atomic E-state index is 0.180. The Morgan fingerprint density at radius 1 is 1.21 bits per heavy atom. The first-order chi connectivity index (χ1) is 16.1. The van der Waals surface area contributed by atoms with E-state index in [-0.39, 0.29) is 18.6 Å². The fourth-order valence-electron chi connectivity index (χ4n) is 3.66. The highest BCUT2D eigenvalue weighted by Gasteiger charge is 2.33. The van der Waals surface area contributed by atoms with Gasteiger partial charge in [-0.15, -0.1) is 11.3 Å². The summed E-state index contributed by atoms with van der Waals surface area (Å²) in [6.45, 7) is 5.64. The Bertz CT molecular complexity index is 1280. The molecule has 33 heavy (non-hydrogen) atoms. The van der Waals surface area contributed by atoms with E-state index >= 15 is 0 Å². The predicted octanol–water partition coefficient (Wildman–Crippen LogP) is 3.72. The van der Waals surface area contributed by atoms with E-state index in [1.807, 2.05) is 66.0 Å². The van der Waals surface area contributed by atoms with Crippen molar-refractivity contribution in [1.82, 2.24) is 5.01 Å². The van der Waals surface area contributed by atoms with E-state index in [4.69, 9.17) is 14.6 Å². The molecule has 0 bridgehead atoms. The summed E-state index contributed by atoms with van der Waals surface area (Å²) in [6, 6.07) is 19.3. The number of amides is 1. The normalized spacial score (nSPS) is 16.6. The zero-order valence-corrected chi connectivity index (χ0v) is 19.4. The van der Waals surface area contributed by atoms with Crippen LogP contribution in [0.2, 0.25) is 0 Å². The van der Waals surface area contributed by atoms with Crippen LogP contribution in [-0.4, -0.2) is 36.6 Å². The molecule has 1 aromatic heterocycles. The molecule has 0 spiro atoms. The lowest BCUT2D eigenvalue weighted by Crippen LogP contribution is -2.31. The van der Waals surface area contributed by atoms with E-state index in [9.17, 15) is 4.79 Å². The summed E-state index contributed by atoms with van der Waals surface area (Å²) in [4.78, 5) is 17.6. The molecule has 1 aliphatic heterocycles. The third-order valence-corrected chi connectivity index (χ3v) is 6.10. The van der Waals surface area contributed by atoms with Gasteiger partial charge >= 0.3 is 0 Å². The molecule has 0 N–H and O–H groups in total.